The van der Waals surface area contributed by atoms with Gasteiger partial charge in [-0.2, -0.15) is 18.3 Å². The zero-order chi connectivity index (χ0) is 20.0. The van der Waals surface area contributed by atoms with Gasteiger partial charge in [-0.1, -0.05) is 52.3 Å². The molecule has 0 spiro atoms. The first kappa shape index (κ1) is 21.6. The van der Waals surface area contributed by atoms with Crippen molar-refractivity contribution in [1.29, 1.82) is 0 Å². The monoisotopic (exact) mass is 486 g/mol. The van der Waals surface area contributed by atoms with E-state index in [0.29, 0.717) is 21.7 Å². The van der Waals surface area contributed by atoms with Crippen molar-refractivity contribution in [2.24, 2.45) is 7.05 Å². The van der Waals surface area contributed by atoms with Crippen LogP contribution in [-0.4, -0.2) is 29.4 Å². The van der Waals surface area contributed by atoms with E-state index in [-0.39, 0.29) is 5.69 Å². The van der Waals surface area contributed by atoms with Gasteiger partial charge in [-0.05, 0) is 49.6 Å². The van der Waals surface area contributed by atoms with Gasteiger partial charge in [-0.3, -0.25) is 4.68 Å². The summed E-state index contributed by atoms with van der Waals surface area (Å²) in [7, 11) is 1.22. The minimum Gasteiger partial charge on any atom is -0.262 e. The molecule has 2 nitrogen and oxygen atoms in total. The van der Waals surface area contributed by atoms with Crippen LogP contribution in [0.4, 0.5) is 13.2 Å². The van der Waals surface area contributed by atoms with Crippen molar-refractivity contribution in [2.45, 2.75) is 13.1 Å². The number of hydrogen-bond acceptors (Lipinski definition) is 1. The molecule has 0 saturated carbocycles. The molecular formula is C17H17BrCl2F3N2P. The van der Waals surface area contributed by atoms with Gasteiger partial charge in [0, 0.05) is 21.9 Å². The van der Waals surface area contributed by atoms with Crippen molar-refractivity contribution in [3.05, 3.63) is 43.2 Å². The topological polar surface area (TPSA) is 17.8 Å². The van der Waals surface area contributed by atoms with Crippen LogP contribution in [0.5, 0.6) is 0 Å². The number of halogens is 6. The first-order chi connectivity index (χ1) is 11.7. The maximum atomic E-state index is 13.2. The van der Waals surface area contributed by atoms with Crippen LogP contribution >= 0.6 is 46.0 Å². The minimum atomic E-state index is -4.59. The number of hydrogen-bond donors (Lipinski definition) is 0. The van der Waals surface area contributed by atoms with Crippen LogP contribution in [0.3, 0.4) is 0 Å². The Morgan fingerprint density at radius 2 is 1.88 bits per heavy atom. The molecule has 0 aliphatic heterocycles. The largest absolute Gasteiger partial charge is 0.434 e. The van der Waals surface area contributed by atoms with Gasteiger partial charge in [0.15, 0.2) is 5.69 Å². The molecule has 142 valence electrons. The van der Waals surface area contributed by atoms with E-state index < -0.39 is 23.8 Å². The highest BCUT2D eigenvalue weighted by Gasteiger charge is 2.39. The predicted molar refractivity (Wildman–Crippen MR) is 111 cm³/mol. The third-order valence-electron chi connectivity index (χ3n) is 3.71. The number of nitrogens with zero attached hydrogens (tertiary/aromatic N) is 2. The van der Waals surface area contributed by atoms with Gasteiger partial charge in [0.1, 0.15) is 5.69 Å². The Labute approximate surface area is 169 Å². The molecule has 1 heterocycles. The lowest BCUT2D eigenvalue weighted by Crippen LogP contribution is -2.12. The highest BCUT2D eigenvalue weighted by atomic mass is 79.9. The summed E-state index contributed by atoms with van der Waals surface area (Å²) in [5.74, 6) is 0. The van der Waals surface area contributed by atoms with Gasteiger partial charge in [0.2, 0.25) is 0 Å². The first-order valence-corrected chi connectivity index (χ1v) is 11.8. The Bertz CT molecular complexity index is 942. The summed E-state index contributed by atoms with van der Waals surface area (Å²) >= 11 is 15.9. The van der Waals surface area contributed by atoms with Crippen molar-refractivity contribution >= 4 is 58.4 Å². The second kappa shape index (κ2) is 7.38. The molecule has 0 aliphatic carbocycles. The zero-order valence-corrected chi connectivity index (χ0v) is 18.5. The summed E-state index contributed by atoms with van der Waals surface area (Å²) < 4.78 is 41.3. The Morgan fingerprint density at radius 1 is 1.31 bits per heavy atom. The summed E-state index contributed by atoms with van der Waals surface area (Å²) in [5, 5.41) is 4.05. The molecule has 0 bridgehead atoms. The summed E-state index contributed by atoms with van der Waals surface area (Å²) in [5.41, 5.74) is 0.931. The van der Waals surface area contributed by atoms with E-state index in [9.17, 15) is 13.2 Å². The molecule has 26 heavy (non-hydrogen) atoms. The van der Waals surface area contributed by atoms with Crippen LogP contribution < -0.4 is 0 Å². The third-order valence-corrected chi connectivity index (χ3v) is 8.79. The first-order valence-electron chi connectivity index (χ1n) is 7.39. The smallest absolute Gasteiger partial charge is 0.262 e. The molecule has 0 saturated heterocycles. The SMILES string of the molecule is C=P(C)(C)/C(Br)=C/c1cc(-c2nn(C)c(C(F)(F)F)c2Cl)c(C)cc1Cl. The van der Waals surface area contributed by atoms with E-state index in [0.717, 1.165) is 8.91 Å². The lowest BCUT2D eigenvalue weighted by atomic mass is 10.0. The van der Waals surface area contributed by atoms with Gasteiger partial charge in [0.05, 0.1) is 5.02 Å². The van der Waals surface area contributed by atoms with E-state index in [1.165, 1.54) is 7.05 Å². The summed E-state index contributed by atoms with van der Waals surface area (Å²) in [4.78, 5) is 0. The lowest BCUT2D eigenvalue weighted by Gasteiger charge is -2.13. The highest BCUT2D eigenvalue weighted by molar-refractivity contribution is 9.13. The molecule has 0 atom stereocenters. The molecule has 0 radical (unpaired) electrons. The quantitative estimate of drug-likeness (QED) is 0.421. The fourth-order valence-electron chi connectivity index (χ4n) is 2.34. The number of rotatable bonds is 3. The van der Waals surface area contributed by atoms with Crippen LogP contribution in [-0.2, 0) is 13.2 Å². The number of aryl methyl sites for hydroxylation is 2. The van der Waals surface area contributed by atoms with Crippen molar-refractivity contribution < 1.29 is 13.2 Å². The normalized spacial score (nSPS) is 13.4. The van der Waals surface area contributed by atoms with Crippen LogP contribution in [0.25, 0.3) is 17.3 Å². The van der Waals surface area contributed by atoms with Crippen LogP contribution in [0.1, 0.15) is 16.8 Å². The van der Waals surface area contributed by atoms with Crippen LogP contribution in [0, 0.1) is 6.92 Å². The Hall–Kier alpha value is -0.680. The Kier molecular flexibility index (Phi) is 6.14. The standard InChI is InChI=1S/C17H17BrCl2F3N2P/c1-9-6-12(19)10(8-13(18)26(3,4)5)7-11(9)15-14(20)16(17(21,22)23)25(2)24-15/h6-8H,3H2,1-2,4-5H3/b13-8+. The molecular weight excluding hydrogens is 471 g/mol. The molecule has 0 N–H and O–H groups in total. The fraction of sp³-hybridized carbons (Fsp3) is 0.294. The van der Waals surface area contributed by atoms with Crippen molar-refractivity contribution in [2.75, 3.05) is 13.3 Å². The molecule has 0 aliphatic rings. The summed E-state index contributed by atoms with van der Waals surface area (Å²) in [6.07, 6.45) is 1.39. The Morgan fingerprint density at radius 3 is 2.35 bits per heavy atom. The van der Waals surface area contributed by atoms with Crippen molar-refractivity contribution in [1.82, 2.24) is 9.78 Å². The van der Waals surface area contributed by atoms with E-state index in [1.807, 2.05) is 19.4 Å². The lowest BCUT2D eigenvalue weighted by molar-refractivity contribution is -0.143. The van der Waals surface area contributed by atoms with Gasteiger partial charge < -0.3 is 0 Å². The molecule has 2 rings (SSSR count). The number of alkyl halides is 3. The molecule has 0 amide bonds. The maximum absolute atomic E-state index is 13.2. The average Bonchev–Trinajstić information content (AvgIpc) is 2.75. The van der Waals surface area contributed by atoms with Gasteiger partial charge >= 0.3 is 6.18 Å². The van der Waals surface area contributed by atoms with Crippen LogP contribution in [0.2, 0.25) is 10.0 Å². The molecule has 1 aromatic heterocycles. The van der Waals surface area contributed by atoms with Crippen molar-refractivity contribution in [3.8, 4) is 11.3 Å². The molecule has 0 fully saturated rings. The van der Waals surface area contributed by atoms with Gasteiger partial charge in [-0.15, -0.1) is 0 Å². The maximum Gasteiger partial charge on any atom is 0.434 e. The number of aromatic nitrogens is 2. The third kappa shape index (κ3) is 4.41. The van der Waals surface area contributed by atoms with Crippen molar-refractivity contribution in [3.63, 3.8) is 0 Å². The van der Waals surface area contributed by atoms with E-state index >= 15 is 0 Å². The minimum absolute atomic E-state index is 0.0742. The Balaban J connectivity index is 2.70. The van der Waals surface area contributed by atoms with Crippen LogP contribution in [0.15, 0.2) is 16.4 Å². The average molecular weight is 488 g/mol. The van der Waals surface area contributed by atoms with E-state index in [1.54, 1.807) is 19.1 Å². The van der Waals surface area contributed by atoms with Gasteiger partial charge in [-0.25, -0.2) is 0 Å². The van der Waals surface area contributed by atoms with Gasteiger partial charge in [0.25, 0.3) is 0 Å². The highest BCUT2D eigenvalue weighted by Crippen LogP contribution is 2.50. The fourth-order valence-corrected chi connectivity index (χ4v) is 3.71. The van der Waals surface area contributed by atoms with E-state index in [4.69, 9.17) is 23.2 Å². The zero-order valence-electron chi connectivity index (χ0n) is 14.5. The molecule has 0 unspecified atom stereocenters. The van der Waals surface area contributed by atoms with E-state index in [2.05, 4.69) is 27.3 Å². The summed E-state index contributed by atoms with van der Waals surface area (Å²) in [6.45, 7) is 4.26. The summed E-state index contributed by atoms with van der Waals surface area (Å²) in [6, 6.07) is 3.39. The predicted octanol–water partition coefficient (Wildman–Crippen LogP) is 7.12. The molecule has 1 aromatic carbocycles. The number of benzene rings is 1. The molecule has 2 aromatic rings. The second-order valence-corrected chi connectivity index (χ2v) is 12.6. The second-order valence-electron chi connectivity index (χ2n) is 6.47. The molecule has 9 heteroatoms.